The van der Waals surface area contributed by atoms with Gasteiger partial charge in [-0.1, -0.05) is 64.1 Å². The largest absolute Gasteiger partial charge is 0.508 e. The van der Waals surface area contributed by atoms with Crippen LogP contribution in [0.4, 0.5) is 0 Å². The van der Waals surface area contributed by atoms with Gasteiger partial charge in [-0.3, -0.25) is 4.79 Å². The van der Waals surface area contributed by atoms with E-state index in [4.69, 9.17) is 72.6 Å². The summed E-state index contributed by atoms with van der Waals surface area (Å²) in [6, 6.07) is 6.67. The molecule has 9 nitrogen and oxygen atoms in total. The number of halogens is 5. The van der Waals surface area contributed by atoms with Gasteiger partial charge in [0.25, 0.3) is 5.97 Å². The number of phenols is 5. The van der Waals surface area contributed by atoms with Crippen LogP contribution in [0.15, 0.2) is 30.3 Å². The average Bonchev–Trinajstić information content (AvgIpc) is 2.82. The van der Waals surface area contributed by atoms with Gasteiger partial charge in [0.05, 0.1) is 21.2 Å². The first-order valence-electron chi connectivity index (χ1n) is 9.97. The zero-order chi connectivity index (χ0) is 28.2. The van der Waals surface area contributed by atoms with Crippen molar-refractivity contribution >= 4 is 64.0 Å². The molecule has 14 heteroatoms. The molecule has 1 aliphatic rings. The van der Waals surface area contributed by atoms with E-state index in [0.29, 0.717) is 11.1 Å². The quantitative estimate of drug-likeness (QED) is 0.0943. The first-order chi connectivity index (χ1) is 17.1. The minimum absolute atomic E-state index is 0.00904. The summed E-state index contributed by atoms with van der Waals surface area (Å²) in [6.07, 6.45) is -1.56. The van der Waals surface area contributed by atoms with E-state index in [0.717, 1.165) is 6.92 Å². The molecule has 1 heterocycles. The molecule has 200 valence electrons. The maximum Gasteiger partial charge on any atom is 0.300 e. The number of hydrogen-bond donors (Lipinski definition) is 7. The number of fused-ring (bicyclic) bond motifs is 1. The molecule has 0 saturated heterocycles. The van der Waals surface area contributed by atoms with Gasteiger partial charge in [-0.05, 0) is 17.7 Å². The molecule has 0 unspecified atom stereocenters. The molecular formula is C23H19Cl5O9. The van der Waals surface area contributed by atoms with E-state index >= 15 is 0 Å². The van der Waals surface area contributed by atoms with Crippen molar-refractivity contribution in [2.24, 2.45) is 0 Å². The summed E-state index contributed by atoms with van der Waals surface area (Å²) >= 11 is 27.9. The monoisotopic (exact) mass is 614 g/mol. The van der Waals surface area contributed by atoms with E-state index in [9.17, 15) is 30.6 Å². The van der Waals surface area contributed by atoms with Gasteiger partial charge < -0.3 is 40.5 Å². The van der Waals surface area contributed by atoms with Crippen molar-refractivity contribution in [3.63, 3.8) is 0 Å². The van der Waals surface area contributed by atoms with Crippen LogP contribution in [-0.4, -0.2) is 47.8 Å². The van der Waals surface area contributed by atoms with Gasteiger partial charge in [0.15, 0.2) is 17.2 Å². The van der Waals surface area contributed by atoms with Crippen LogP contribution >= 0.6 is 58.0 Å². The number of benzene rings is 3. The number of ether oxygens (including phenoxy) is 1. The second-order valence-electron chi connectivity index (χ2n) is 7.44. The molecule has 0 saturated carbocycles. The van der Waals surface area contributed by atoms with E-state index < -0.39 is 18.2 Å². The Labute approximate surface area is 235 Å². The molecule has 0 radical (unpaired) electrons. The van der Waals surface area contributed by atoms with Crippen molar-refractivity contribution in [1.29, 1.82) is 0 Å². The standard InChI is InChI=1S/C15H14O6.C6HCl5O.C2H4O2/c16-8-4-11(18)9-6-13(20)15(21-14(9)5-8)7-1-2-10(17)12(19)3-7;7-1-2(8)4(10)6(12)5(11)3(1)9;1-2(3)4/h1-5,13,15-20H,6H2;12H;1H3,(H,3,4)/t13-,15+;;/m0../s1. The molecule has 0 fully saturated rings. The Morgan fingerprint density at radius 2 is 1.32 bits per heavy atom. The van der Waals surface area contributed by atoms with E-state index in [1.165, 1.54) is 30.3 Å². The Kier molecular flexibility index (Phi) is 10.5. The molecule has 0 bridgehead atoms. The number of aliphatic hydroxyl groups excluding tert-OH is 1. The highest BCUT2D eigenvalue weighted by atomic mass is 35.5. The zero-order valence-electron chi connectivity index (χ0n) is 18.6. The molecule has 0 aromatic heterocycles. The topological polar surface area (TPSA) is 168 Å². The van der Waals surface area contributed by atoms with Gasteiger partial charge in [0, 0.05) is 31.0 Å². The van der Waals surface area contributed by atoms with Gasteiger partial charge in [0.2, 0.25) is 0 Å². The normalized spacial score (nSPS) is 15.8. The molecule has 0 aliphatic carbocycles. The fourth-order valence-electron chi connectivity index (χ4n) is 3.06. The number of hydrogen-bond acceptors (Lipinski definition) is 8. The molecule has 2 atom stereocenters. The minimum atomic E-state index is -0.933. The van der Waals surface area contributed by atoms with Crippen LogP contribution in [0.2, 0.25) is 25.1 Å². The number of aromatic hydroxyl groups is 5. The molecule has 3 aromatic rings. The lowest BCUT2D eigenvalue weighted by molar-refractivity contribution is -0.134. The Balaban J connectivity index is 0.000000254. The highest BCUT2D eigenvalue weighted by Gasteiger charge is 2.32. The maximum absolute atomic E-state index is 10.2. The predicted molar refractivity (Wildman–Crippen MR) is 139 cm³/mol. The lowest BCUT2D eigenvalue weighted by Gasteiger charge is -2.31. The van der Waals surface area contributed by atoms with Gasteiger partial charge in [-0.2, -0.15) is 0 Å². The first kappa shape index (κ1) is 30.6. The summed E-state index contributed by atoms with van der Waals surface area (Å²) in [5.74, 6) is -1.79. The zero-order valence-corrected chi connectivity index (χ0v) is 22.4. The summed E-state index contributed by atoms with van der Waals surface area (Å²) in [7, 11) is 0. The summed E-state index contributed by atoms with van der Waals surface area (Å²) in [4.78, 5) is 9.00. The van der Waals surface area contributed by atoms with Crippen molar-refractivity contribution in [1.82, 2.24) is 0 Å². The van der Waals surface area contributed by atoms with E-state index in [2.05, 4.69) is 0 Å². The molecule has 37 heavy (non-hydrogen) atoms. The second kappa shape index (κ2) is 12.7. The van der Waals surface area contributed by atoms with Gasteiger partial charge in [0.1, 0.15) is 33.4 Å². The smallest absolute Gasteiger partial charge is 0.300 e. The molecular weight excluding hydrogens is 598 g/mol. The maximum atomic E-state index is 10.2. The number of carbonyl (C=O) groups is 1. The summed E-state index contributed by atoms with van der Waals surface area (Å²) in [6.45, 7) is 1.08. The molecule has 0 spiro atoms. The average molecular weight is 617 g/mol. The fourth-order valence-corrected chi connectivity index (χ4v) is 4.19. The van der Waals surface area contributed by atoms with E-state index in [-0.39, 0.29) is 66.0 Å². The number of aliphatic hydroxyl groups is 1. The number of carboxylic acid groups (broad SMARTS) is 1. The third kappa shape index (κ3) is 7.44. The molecule has 1 aliphatic heterocycles. The Bertz CT molecular complexity index is 1210. The highest BCUT2D eigenvalue weighted by molar-refractivity contribution is 6.55. The van der Waals surface area contributed by atoms with Crippen LogP contribution in [-0.2, 0) is 11.2 Å². The second-order valence-corrected chi connectivity index (χ2v) is 9.33. The van der Waals surface area contributed by atoms with Gasteiger partial charge >= 0.3 is 0 Å². The molecule has 4 rings (SSSR count). The lowest BCUT2D eigenvalue weighted by atomic mass is 9.94. The molecule has 7 N–H and O–H groups in total. The summed E-state index contributed by atoms with van der Waals surface area (Å²) in [5, 5.41) is 64.7. The van der Waals surface area contributed by atoms with Crippen LogP contribution in [0.1, 0.15) is 24.2 Å². The molecule has 3 aromatic carbocycles. The Hall–Kier alpha value is -2.66. The number of carboxylic acids is 1. The van der Waals surface area contributed by atoms with Crippen molar-refractivity contribution in [3.8, 4) is 34.5 Å². The lowest BCUT2D eigenvalue weighted by Crippen LogP contribution is -2.30. The number of rotatable bonds is 1. The minimum Gasteiger partial charge on any atom is -0.508 e. The SMILES string of the molecule is CC(=O)O.Oc1c(Cl)c(Cl)c(Cl)c(Cl)c1Cl.Oc1cc(O)c2c(c1)O[C@H](c1ccc(O)c(O)c1)[C@@H](O)C2. The predicted octanol–water partition coefficient (Wildman–Crippen LogP) is 6.30. The Morgan fingerprint density at radius 1 is 0.811 bits per heavy atom. The van der Waals surface area contributed by atoms with Crippen LogP contribution < -0.4 is 4.74 Å². The van der Waals surface area contributed by atoms with Crippen LogP contribution in [0.3, 0.4) is 0 Å². The third-order valence-electron chi connectivity index (χ3n) is 4.70. The van der Waals surface area contributed by atoms with Gasteiger partial charge in [-0.15, -0.1) is 0 Å². The Morgan fingerprint density at radius 3 is 1.84 bits per heavy atom. The molecule has 0 amide bonds. The van der Waals surface area contributed by atoms with E-state index in [1.54, 1.807) is 0 Å². The summed E-state index contributed by atoms with van der Waals surface area (Å²) < 4.78 is 5.62. The van der Waals surface area contributed by atoms with Crippen molar-refractivity contribution in [2.75, 3.05) is 0 Å². The van der Waals surface area contributed by atoms with Crippen molar-refractivity contribution in [3.05, 3.63) is 66.6 Å². The van der Waals surface area contributed by atoms with Crippen LogP contribution in [0, 0.1) is 0 Å². The fraction of sp³-hybridized carbons (Fsp3) is 0.174. The number of phenolic OH excluding ortho intramolecular Hbond substituents is 5. The van der Waals surface area contributed by atoms with Crippen LogP contribution in [0.5, 0.6) is 34.5 Å². The van der Waals surface area contributed by atoms with Crippen LogP contribution in [0.25, 0.3) is 0 Å². The number of aliphatic carboxylic acids is 1. The van der Waals surface area contributed by atoms with Crippen molar-refractivity contribution in [2.45, 2.75) is 25.6 Å². The van der Waals surface area contributed by atoms with Gasteiger partial charge in [-0.25, -0.2) is 0 Å². The first-order valence-corrected chi connectivity index (χ1v) is 11.9. The summed E-state index contributed by atoms with van der Waals surface area (Å²) in [5.41, 5.74) is 0.894. The highest BCUT2D eigenvalue weighted by Crippen LogP contribution is 2.47. The van der Waals surface area contributed by atoms with Crippen molar-refractivity contribution < 1.29 is 45.3 Å². The third-order valence-corrected chi connectivity index (χ3v) is 6.96. The van der Waals surface area contributed by atoms with E-state index in [1.807, 2.05) is 0 Å².